The molecule has 3 aromatic carbocycles. The Labute approximate surface area is 158 Å². The number of aliphatic imine (C=N–C) groups is 1. The van der Waals surface area contributed by atoms with Crippen molar-refractivity contribution in [3.63, 3.8) is 0 Å². The molecule has 0 saturated carbocycles. The van der Waals surface area contributed by atoms with Gasteiger partial charge in [-0.15, -0.1) is 0 Å². The number of amides is 1. The number of rotatable bonds is 3. The van der Waals surface area contributed by atoms with Crippen LogP contribution in [0.3, 0.4) is 0 Å². The Hall–Kier alpha value is -2.11. The fraction of sp³-hybridized carbons (Fsp3) is 0.100. The smallest absolute Gasteiger partial charge is 0.303 e. The summed E-state index contributed by atoms with van der Waals surface area (Å²) in [5, 5.41) is 2.11. The minimum Gasteiger partial charge on any atom is -0.449 e. The first-order valence-corrected chi connectivity index (χ1v) is 9.42. The first kappa shape index (κ1) is 16.4. The highest BCUT2D eigenvalue weighted by Gasteiger charge is 2.44. The van der Waals surface area contributed by atoms with Crippen molar-refractivity contribution in [1.29, 1.82) is 0 Å². The van der Waals surface area contributed by atoms with Crippen LogP contribution in [0, 0.1) is 0 Å². The molecule has 1 amide bonds. The maximum Gasteiger partial charge on any atom is 0.303 e. The first-order valence-electron chi connectivity index (χ1n) is 7.81. The molecule has 124 valence electrons. The Morgan fingerprint density at radius 2 is 1.72 bits per heavy atom. The van der Waals surface area contributed by atoms with Crippen LogP contribution in [0.1, 0.15) is 12.5 Å². The summed E-state index contributed by atoms with van der Waals surface area (Å²) in [4.78, 5) is 16.7. The Morgan fingerprint density at radius 3 is 2.56 bits per heavy atom. The first-order chi connectivity index (χ1) is 12.1. The van der Waals surface area contributed by atoms with E-state index in [1.54, 1.807) is 6.92 Å². The SMILES string of the molecule is C[C@@]1(Sc2ccccc2Br)OC(c2cccc3ccccc23)=NC1=O. The molecular formula is C20H14BrNO2S. The largest absolute Gasteiger partial charge is 0.449 e. The Kier molecular flexibility index (Phi) is 4.13. The van der Waals surface area contributed by atoms with Gasteiger partial charge in [0.1, 0.15) is 0 Å². The summed E-state index contributed by atoms with van der Waals surface area (Å²) >= 11 is 4.87. The summed E-state index contributed by atoms with van der Waals surface area (Å²) < 4.78 is 6.98. The summed E-state index contributed by atoms with van der Waals surface area (Å²) in [5.41, 5.74) is 0.836. The second-order valence-electron chi connectivity index (χ2n) is 5.83. The zero-order valence-electron chi connectivity index (χ0n) is 13.4. The number of fused-ring (bicyclic) bond motifs is 1. The molecule has 3 aromatic rings. The van der Waals surface area contributed by atoms with Crippen LogP contribution < -0.4 is 0 Å². The van der Waals surface area contributed by atoms with Gasteiger partial charge >= 0.3 is 5.91 Å². The van der Waals surface area contributed by atoms with Crippen molar-refractivity contribution in [1.82, 2.24) is 0 Å². The van der Waals surface area contributed by atoms with Gasteiger partial charge in [-0.3, -0.25) is 4.79 Å². The zero-order chi connectivity index (χ0) is 17.4. The van der Waals surface area contributed by atoms with Crippen LogP contribution in [-0.2, 0) is 9.53 Å². The van der Waals surface area contributed by atoms with Crippen molar-refractivity contribution in [3.05, 3.63) is 76.8 Å². The van der Waals surface area contributed by atoms with Gasteiger partial charge in [-0.05, 0) is 51.8 Å². The van der Waals surface area contributed by atoms with Gasteiger partial charge < -0.3 is 4.74 Å². The average Bonchev–Trinajstić information content (AvgIpc) is 2.91. The number of thioether (sulfide) groups is 1. The van der Waals surface area contributed by atoms with Gasteiger partial charge in [-0.1, -0.05) is 60.3 Å². The van der Waals surface area contributed by atoms with Crippen LogP contribution >= 0.6 is 27.7 Å². The highest BCUT2D eigenvalue weighted by molar-refractivity contribution is 9.10. The molecule has 5 heteroatoms. The number of carbonyl (C=O) groups is 1. The Balaban J connectivity index is 1.69. The van der Waals surface area contributed by atoms with Gasteiger partial charge in [0, 0.05) is 14.9 Å². The van der Waals surface area contributed by atoms with Gasteiger partial charge in [-0.25, -0.2) is 0 Å². The molecule has 25 heavy (non-hydrogen) atoms. The molecule has 3 nitrogen and oxygen atoms in total. The monoisotopic (exact) mass is 411 g/mol. The average molecular weight is 412 g/mol. The Morgan fingerprint density at radius 1 is 1.00 bits per heavy atom. The van der Waals surface area contributed by atoms with Crippen molar-refractivity contribution < 1.29 is 9.53 Å². The van der Waals surface area contributed by atoms with Crippen molar-refractivity contribution in [3.8, 4) is 0 Å². The molecule has 0 radical (unpaired) electrons. The van der Waals surface area contributed by atoms with Crippen LogP contribution in [0.4, 0.5) is 0 Å². The lowest BCUT2D eigenvalue weighted by Crippen LogP contribution is -2.29. The molecule has 0 N–H and O–H groups in total. The standard InChI is InChI=1S/C20H14BrNO2S/c1-20(25-17-12-5-4-11-16(17)21)19(23)22-18(24-20)15-10-6-8-13-7-2-3-9-14(13)15/h2-12H,1H3/t20-/m0/s1. The number of halogens is 1. The number of ether oxygens (including phenoxy) is 1. The van der Waals surface area contributed by atoms with Crippen LogP contribution in [0.25, 0.3) is 10.8 Å². The van der Waals surface area contributed by atoms with Crippen molar-refractivity contribution in [2.75, 3.05) is 0 Å². The fourth-order valence-corrected chi connectivity index (χ4v) is 4.29. The zero-order valence-corrected chi connectivity index (χ0v) is 15.8. The number of benzene rings is 3. The second-order valence-corrected chi connectivity index (χ2v) is 8.11. The molecule has 0 aliphatic carbocycles. The minimum absolute atomic E-state index is 0.281. The van der Waals surface area contributed by atoms with E-state index in [9.17, 15) is 4.79 Å². The Bertz CT molecular complexity index is 1010. The number of hydrogen-bond acceptors (Lipinski definition) is 3. The summed E-state index contributed by atoms with van der Waals surface area (Å²) in [6.45, 7) is 1.76. The third-order valence-corrected chi connectivity index (χ3v) is 6.22. The summed E-state index contributed by atoms with van der Waals surface area (Å²) in [7, 11) is 0. The molecule has 0 bridgehead atoms. The number of carbonyl (C=O) groups excluding carboxylic acids is 1. The second kappa shape index (κ2) is 6.32. The molecule has 0 spiro atoms. The molecule has 1 aliphatic rings. The molecule has 1 heterocycles. The molecule has 0 fully saturated rings. The predicted molar refractivity (Wildman–Crippen MR) is 105 cm³/mol. The van der Waals surface area contributed by atoms with Crippen LogP contribution in [0.2, 0.25) is 0 Å². The lowest BCUT2D eigenvalue weighted by Gasteiger charge is -2.21. The molecule has 0 aromatic heterocycles. The van der Waals surface area contributed by atoms with E-state index >= 15 is 0 Å². The maximum absolute atomic E-state index is 12.6. The highest BCUT2D eigenvalue weighted by atomic mass is 79.9. The van der Waals surface area contributed by atoms with E-state index < -0.39 is 4.93 Å². The molecular weight excluding hydrogens is 398 g/mol. The topological polar surface area (TPSA) is 38.7 Å². The quantitative estimate of drug-likeness (QED) is 0.577. The highest BCUT2D eigenvalue weighted by Crippen LogP contribution is 2.42. The van der Waals surface area contributed by atoms with Crippen LogP contribution in [0.15, 0.2) is 81.1 Å². The fourth-order valence-electron chi connectivity index (χ4n) is 2.77. The molecule has 1 atom stereocenters. The molecule has 1 aliphatic heterocycles. The lowest BCUT2D eigenvalue weighted by molar-refractivity contribution is -0.123. The van der Waals surface area contributed by atoms with Gasteiger partial charge in [0.05, 0.1) is 0 Å². The van der Waals surface area contributed by atoms with Crippen LogP contribution in [0.5, 0.6) is 0 Å². The number of hydrogen-bond donors (Lipinski definition) is 0. The molecule has 0 unspecified atom stereocenters. The summed E-state index contributed by atoms with van der Waals surface area (Å²) in [6, 6.07) is 21.7. The van der Waals surface area contributed by atoms with Gasteiger partial charge in [0.25, 0.3) is 0 Å². The van der Waals surface area contributed by atoms with Crippen LogP contribution in [-0.4, -0.2) is 16.7 Å². The van der Waals surface area contributed by atoms with Gasteiger partial charge in [0.2, 0.25) is 10.8 Å². The van der Waals surface area contributed by atoms with Crippen molar-refractivity contribution >= 4 is 50.3 Å². The van der Waals surface area contributed by atoms with E-state index in [2.05, 4.69) is 20.9 Å². The minimum atomic E-state index is -1.07. The predicted octanol–water partition coefficient (Wildman–Crippen LogP) is 5.41. The maximum atomic E-state index is 12.6. The molecule has 4 rings (SSSR count). The third kappa shape index (κ3) is 2.98. The van der Waals surface area contributed by atoms with Crippen molar-refractivity contribution in [2.24, 2.45) is 4.99 Å². The summed E-state index contributed by atoms with van der Waals surface area (Å²) in [6.07, 6.45) is 0. The van der Waals surface area contributed by atoms with Gasteiger partial charge in [0.15, 0.2) is 0 Å². The van der Waals surface area contributed by atoms with E-state index in [-0.39, 0.29) is 5.91 Å². The van der Waals surface area contributed by atoms with E-state index in [1.807, 2.05) is 66.7 Å². The van der Waals surface area contributed by atoms with Gasteiger partial charge in [-0.2, -0.15) is 4.99 Å². The van der Waals surface area contributed by atoms with E-state index in [4.69, 9.17) is 4.74 Å². The third-order valence-electron chi connectivity index (χ3n) is 4.04. The normalized spacial score (nSPS) is 19.8. The number of nitrogens with zero attached hydrogens (tertiary/aromatic N) is 1. The van der Waals surface area contributed by atoms with Crippen molar-refractivity contribution in [2.45, 2.75) is 16.8 Å². The lowest BCUT2D eigenvalue weighted by atomic mass is 10.0. The molecule has 0 saturated heterocycles. The van der Waals surface area contributed by atoms with E-state index in [0.29, 0.717) is 5.90 Å². The van der Waals surface area contributed by atoms with E-state index in [1.165, 1.54) is 11.8 Å². The summed E-state index contributed by atoms with van der Waals surface area (Å²) in [5.74, 6) is 0.0973. The van der Waals surface area contributed by atoms with E-state index in [0.717, 1.165) is 25.7 Å².